The maximum Gasteiger partial charge on any atom is 0.573 e. The number of hydrogen-bond acceptors (Lipinski definition) is 2. The lowest BCUT2D eigenvalue weighted by molar-refractivity contribution is -0.276. The number of ether oxygens (including phenoxy) is 1. The highest BCUT2D eigenvalue weighted by Gasteiger charge is 2.41. The lowest BCUT2D eigenvalue weighted by Gasteiger charge is -2.17. The minimum atomic E-state index is -5.30. The quantitative estimate of drug-likeness (QED) is 0.664. The van der Waals surface area contributed by atoms with E-state index in [1.54, 1.807) is 0 Å². The molecule has 1 rings (SSSR count). The molecule has 0 unspecified atom stereocenters. The molecule has 10 heteroatoms. The van der Waals surface area contributed by atoms with Crippen molar-refractivity contribution in [3.8, 4) is 5.75 Å². The molecule has 102 valence electrons. The van der Waals surface area contributed by atoms with Crippen molar-refractivity contribution in [2.24, 2.45) is 0 Å². The Morgan fingerprint density at radius 2 is 1.78 bits per heavy atom. The second-order valence-electron chi connectivity index (χ2n) is 3.03. The van der Waals surface area contributed by atoms with Crippen LogP contribution < -0.4 is 10.3 Å². The maximum atomic E-state index is 12.5. The Morgan fingerprint density at radius 3 is 2.17 bits per heavy atom. The van der Waals surface area contributed by atoms with Gasteiger partial charge in [0.2, 0.25) is 5.56 Å². The molecule has 0 fully saturated rings. The van der Waals surface area contributed by atoms with Gasteiger partial charge in [-0.2, -0.15) is 13.2 Å². The minimum Gasteiger partial charge on any atom is -0.403 e. The van der Waals surface area contributed by atoms with E-state index in [1.807, 2.05) is 4.98 Å². The van der Waals surface area contributed by atoms with Crippen LogP contribution in [0.1, 0.15) is 11.3 Å². The third kappa shape index (κ3) is 3.65. The van der Waals surface area contributed by atoms with Crippen molar-refractivity contribution in [3.63, 3.8) is 0 Å². The zero-order chi connectivity index (χ0) is 14.1. The molecule has 0 saturated carbocycles. The Hall–Kier alpha value is -1.19. The highest BCUT2D eigenvalue weighted by molar-refractivity contribution is 9.08. The normalized spacial score (nSPS) is 12.6. The van der Waals surface area contributed by atoms with Crippen LogP contribution in [0.3, 0.4) is 0 Å². The van der Waals surface area contributed by atoms with Gasteiger partial charge in [0.25, 0.3) is 0 Å². The van der Waals surface area contributed by atoms with E-state index in [-0.39, 0.29) is 6.07 Å². The van der Waals surface area contributed by atoms with Gasteiger partial charge in [0.1, 0.15) is 5.56 Å². The van der Waals surface area contributed by atoms with Crippen molar-refractivity contribution < 1.29 is 31.1 Å². The molecular weight excluding hydrogens is 336 g/mol. The standard InChI is InChI=1S/C8H4BrF6NO2/c9-2-4-6(18-8(13,14)15)3(7(10,11)12)1-5(17)16-4/h1H,2H2,(H,16,17). The third-order valence-electron chi connectivity index (χ3n) is 1.73. The van der Waals surface area contributed by atoms with Gasteiger partial charge in [-0.25, -0.2) is 0 Å². The van der Waals surface area contributed by atoms with Crippen LogP contribution in [0, 0.1) is 0 Å². The minimum absolute atomic E-state index is 0.00718. The van der Waals surface area contributed by atoms with E-state index in [9.17, 15) is 31.1 Å². The summed E-state index contributed by atoms with van der Waals surface area (Å²) in [5, 5.41) is -0.433. The number of nitrogens with one attached hydrogen (secondary N) is 1. The van der Waals surface area contributed by atoms with Crippen molar-refractivity contribution in [1.82, 2.24) is 4.98 Å². The molecule has 0 spiro atoms. The van der Waals surface area contributed by atoms with E-state index in [0.717, 1.165) is 0 Å². The van der Waals surface area contributed by atoms with Gasteiger partial charge in [-0.1, -0.05) is 15.9 Å². The second kappa shape index (κ2) is 4.82. The number of H-pyrrole nitrogens is 1. The fourth-order valence-electron chi connectivity index (χ4n) is 1.14. The highest BCUT2D eigenvalue weighted by atomic mass is 79.9. The SMILES string of the molecule is O=c1cc(C(F)(F)F)c(OC(F)(F)F)c(CBr)[nH]1. The van der Waals surface area contributed by atoms with Gasteiger partial charge >= 0.3 is 12.5 Å². The summed E-state index contributed by atoms with van der Waals surface area (Å²) in [6.07, 6.45) is -10.4. The van der Waals surface area contributed by atoms with Gasteiger partial charge < -0.3 is 9.72 Å². The molecule has 0 saturated heterocycles. The number of aromatic amines is 1. The first-order valence-corrected chi connectivity index (χ1v) is 5.32. The molecule has 0 radical (unpaired) electrons. The van der Waals surface area contributed by atoms with Crippen molar-refractivity contribution >= 4 is 15.9 Å². The summed E-state index contributed by atoms with van der Waals surface area (Å²) < 4.78 is 76.9. The summed E-state index contributed by atoms with van der Waals surface area (Å²) in [6.45, 7) is 0. The van der Waals surface area contributed by atoms with Crippen molar-refractivity contribution in [1.29, 1.82) is 0 Å². The van der Waals surface area contributed by atoms with Crippen LogP contribution in [0.5, 0.6) is 5.75 Å². The first kappa shape index (κ1) is 14.9. The molecule has 0 atom stereocenters. The first-order chi connectivity index (χ1) is 8.04. The van der Waals surface area contributed by atoms with Crippen molar-refractivity contribution in [3.05, 3.63) is 27.7 Å². The monoisotopic (exact) mass is 339 g/mol. The smallest absolute Gasteiger partial charge is 0.403 e. The molecule has 1 aromatic rings. The lowest BCUT2D eigenvalue weighted by Crippen LogP contribution is -2.24. The van der Waals surface area contributed by atoms with Gasteiger partial charge in [-0.3, -0.25) is 4.79 Å². The molecule has 1 aromatic heterocycles. The topological polar surface area (TPSA) is 42.1 Å². The molecule has 18 heavy (non-hydrogen) atoms. The summed E-state index contributed by atoms with van der Waals surface area (Å²) in [7, 11) is 0. The van der Waals surface area contributed by atoms with Crippen LogP contribution in [-0.4, -0.2) is 11.3 Å². The summed E-state index contributed by atoms with van der Waals surface area (Å²) in [6, 6.07) is 0.00718. The fourth-order valence-corrected chi connectivity index (χ4v) is 1.53. The van der Waals surface area contributed by atoms with Crippen LogP contribution in [0.4, 0.5) is 26.3 Å². The van der Waals surface area contributed by atoms with Gasteiger partial charge in [-0.15, -0.1) is 13.2 Å². The zero-order valence-electron chi connectivity index (χ0n) is 8.25. The Balaban J connectivity index is 3.48. The number of rotatable bonds is 2. The van der Waals surface area contributed by atoms with E-state index in [4.69, 9.17) is 0 Å². The average Bonchev–Trinajstić information content (AvgIpc) is 2.16. The van der Waals surface area contributed by atoms with Crippen LogP contribution in [0.2, 0.25) is 0 Å². The molecule has 0 aliphatic rings. The average molecular weight is 340 g/mol. The van der Waals surface area contributed by atoms with Crippen LogP contribution in [0.15, 0.2) is 10.9 Å². The predicted octanol–water partition coefficient (Wildman–Crippen LogP) is 3.19. The van der Waals surface area contributed by atoms with E-state index in [1.165, 1.54) is 0 Å². The van der Waals surface area contributed by atoms with Crippen molar-refractivity contribution in [2.45, 2.75) is 17.9 Å². The van der Waals surface area contributed by atoms with E-state index in [2.05, 4.69) is 20.7 Å². The molecule has 1 N–H and O–H groups in total. The molecule has 0 bridgehead atoms. The molecule has 0 aliphatic heterocycles. The summed E-state index contributed by atoms with van der Waals surface area (Å²) >= 11 is 2.67. The molecule has 0 aliphatic carbocycles. The Labute approximate surface area is 104 Å². The van der Waals surface area contributed by atoms with Gasteiger partial charge in [0.05, 0.1) is 5.69 Å². The summed E-state index contributed by atoms with van der Waals surface area (Å²) in [4.78, 5) is 12.8. The highest BCUT2D eigenvalue weighted by Crippen LogP contribution is 2.39. The van der Waals surface area contributed by atoms with Crippen molar-refractivity contribution in [2.75, 3.05) is 0 Å². The molecule has 3 nitrogen and oxygen atoms in total. The third-order valence-corrected chi connectivity index (χ3v) is 2.29. The number of halogens is 7. The second-order valence-corrected chi connectivity index (χ2v) is 3.59. The van der Waals surface area contributed by atoms with Gasteiger partial charge in [-0.05, 0) is 0 Å². The molecule has 1 heterocycles. The van der Waals surface area contributed by atoms with Crippen LogP contribution in [-0.2, 0) is 11.5 Å². The molecule has 0 aromatic carbocycles. The number of alkyl halides is 7. The van der Waals surface area contributed by atoms with Crippen LogP contribution >= 0.6 is 15.9 Å². The largest absolute Gasteiger partial charge is 0.573 e. The fraction of sp³-hybridized carbons (Fsp3) is 0.375. The Bertz CT molecular complexity index is 492. The first-order valence-electron chi connectivity index (χ1n) is 4.19. The van der Waals surface area contributed by atoms with Gasteiger partial charge in [0, 0.05) is 11.4 Å². The predicted molar refractivity (Wildman–Crippen MR) is 51.4 cm³/mol. The maximum absolute atomic E-state index is 12.5. The van der Waals surface area contributed by atoms with E-state index >= 15 is 0 Å². The number of aromatic nitrogens is 1. The van der Waals surface area contributed by atoms with E-state index < -0.39 is 40.4 Å². The summed E-state index contributed by atoms with van der Waals surface area (Å²) in [5.74, 6) is -1.47. The van der Waals surface area contributed by atoms with Crippen LogP contribution in [0.25, 0.3) is 0 Å². The van der Waals surface area contributed by atoms with E-state index in [0.29, 0.717) is 0 Å². The number of hydrogen-bond donors (Lipinski definition) is 1. The molecular formula is C8H4BrF6NO2. The Kier molecular flexibility index (Phi) is 3.99. The number of pyridine rings is 1. The summed E-state index contributed by atoms with van der Waals surface area (Å²) in [5.41, 5.74) is -3.60. The lowest BCUT2D eigenvalue weighted by atomic mass is 10.2. The zero-order valence-corrected chi connectivity index (χ0v) is 9.83. The Morgan fingerprint density at radius 1 is 1.22 bits per heavy atom. The molecule has 0 amide bonds. The van der Waals surface area contributed by atoms with Gasteiger partial charge in [0.15, 0.2) is 5.75 Å².